The lowest BCUT2D eigenvalue weighted by molar-refractivity contribution is 0.200. The minimum absolute atomic E-state index is 0.0564. The minimum atomic E-state index is -0.0564. The molecular weight excluding hydrogens is 308 g/mol. The van der Waals surface area contributed by atoms with Crippen LogP contribution in [-0.4, -0.2) is 43.0 Å². The van der Waals surface area contributed by atoms with Crippen molar-refractivity contribution in [3.8, 4) is 0 Å². The summed E-state index contributed by atoms with van der Waals surface area (Å²) in [4.78, 5) is 23.6. The fraction of sp³-hybridized carbons (Fsp3) is 0.375. The second-order valence-corrected chi connectivity index (χ2v) is 5.40. The fourth-order valence-electron chi connectivity index (χ4n) is 2.41. The maximum Gasteiger partial charge on any atom is 0.250 e. The number of nitrogens with one attached hydrogen (secondary N) is 1. The van der Waals surface area contributed by atoms with Crippen molar-refractivity contribution in [3.05, 3.63) is 64.6 Å². The van der Waals surface area contributed by atoms with Gasteiger partial charge in [0.25, 0.3) is 5.56 Å². The second kappa shape index (κ2) is 7.69. The number of rotatable bonds is 8. The molecule has 0 saturated carbocycles. The Morgan fingerprint density at radius 2 is 2.21 bits per heavy atom. The van der Waals surface area contributed by atoms with Gasteiger partial charge in [0.05, 0.1) is 19.5 Å². The zero-order valence-corrected chi connectivity index (χ0v) is 13.6. The van der Waals surface area contributed by atoms with E-state index in [9.17, 15) is 4.79 Å². The zero-order chi connectivity index (χ0) is 16.8. The molecule has 0 aliphatic heterocycles. The molecule has 0 saturated heterocycles. The van der Waals surface area contributed by atoms with Crippen molar-refractivity contribution < 1.29 is 4.74 Å². The zero-order valence-electron chi connectivity index (χ0n) is 13.6. The molecule has 0 bridgehead atoms. The maximum atomic E-state index is 11.9. The second-order valence-electron chi connectivity index (χ2n) is 5.40. The highest BCUT2D eigenvalue weighted by Gasteiger charge is 2.11. The van der Waals surface area contributed by atoms with E-state index in [1.54, 1.807) is 36.5 Å². The van der Waals surface area contributed by atoms with Crippen LogP contribution < -0.4 is 5.56 Å². The Hall–Kier alpha value is -2.74. The van der Waals surface area contributed by atoms with E-state index in [-0.39, 0.29) is 5.56 Å². The van der Waals surface area contributed by atoms with Crippen molar-refractivity contribution in [1.29, 1.82) is 0 Å². The first-order valence-corrected chi connectivity index (χ1v) is 7.80. The first kappa shape index (κ1) is 16.1. The van der Waals surface area contributed by atoms with Gasteiger partial charge in [-0.05, 0) is 6.07 Å². The molecule has 0 amide bonds. The van der Waals surface area contributed by atoms with Crippen LogP contribution in [0.5, 0.6) is 0 Å². The van der Waals surface area contributed by atoms with Gasteiger partial charge in [0.2, 0.25) is 0 Å². The minimum Gasteiger partial charge on any atom is -0.384 e. The Morgan fingerprint density at radius 1 is 1.29 bits per heavy atom. The molecule has 0 fully saturated rings. The van der Waals surface area contributed by atoms with Crippen LogP contribution in [0.4, 0.5) is 0 Å². The van der Waals surface area contributed by atoms with E-state index < -0.39 is 0 Å². The van der Waals surface area contributed by atoms with Crippen LogP contribution in [0, 0.1) is 0 Å². The van der Waals surface area contributed by atoms with Crippen LogP contribution in [0.25, 0.3) is 0 Å². The highest BCUT2D eigenvalue weighted by atomic mass is 16.5. The molecule has 0 atom stereocenters. The number of pyridine rings is 1. The van der Waals surface area contributed by atoms with Crippen molar-refractivity contribution in [3.63, 3.8) is 0 Å². The molecule has 3 rings (SSSR count). The summed E-state index contributed by atoms with van der Waals surface area (Å²) < 4.78 is 8.57. The smallest absolute Gasteiger partial charge is 0.250 e. The molecule has 0 radical (unpaired) electrons. The van der Waals surface area contributed by atoms with Crippen LogP contribution in [0.15, 0.2) is 41.7 Å². The molecule has 8 heteroatoms. The summed E-state index contributed by atoms with van der Waals surface area (Å²) in [6.07, 6.45) is 6.62. The maximum absolute atomic E-state index is 11.9. The van der Waals surface area contributed by atoms with E-state index in [1.165, 1.54) is 6.07 Å². The summed E-state index contributed by atoms with van der Waals surface area (Å²) >= 11 is 0. The lowest BCUT2D eigenvalue weighted by Crippen LogP contribution is -2.21. The van der Waals surface area contributed by atoms with E-state index >= 15 is 0 Å². The van der Waals surface area contributed by atoms with E-state index in [2.05, 4.69) is 20.1 Å². The Kier molecular flexibility index (Phi) is 5.17. The molecule has 0 unspecified atom stereocenters. The third-order valence-electron chi connectivity index (χ3n) is 3.68. The van der Waals surface area contributed by atoms with Gasteiger partial charge in [-0.2, -0.15) is 5.10 Å². The van der Waals surface area contributed by atoms with Crippen molar-refractivity contribution in [2.24, 2.45) is 0 Å². The third-order valence-corrected chi connectivity index (χ3v) is 3.68. The predicted octanol–water partition coefficient (Wildman–Crippen LogP) is 0.643. The summed E-state index contributed by atoms with van der Waals surface area (Å²) in [6.45, 7) is 1.62. The summed E-state index contributed by atoms with van der Waals surface area (Å²) in [7, 11) is 1.65. The van der Waals surface area contributed by atoms with Crippen molar-refractivity contribution in [2.75, 3.05) is 13.7 Å². The quantitative estimate of drug-likeness (QED) is 0.655. The average Bonchev–Trinajstić information content (AvgIpc) is 3.23. The number of nitrogens with zero attached hydrogens (tertiary/aromatic N) is 5. The van der Waals surface area contributed by atoms with Crippen LogP contribution in [0.1, 0.15) is 17.3 Å². The molecule has 126 valence electrons. The highest BCUT2D eigenvalue weighted by molar-refractivity contribution is 5.00. The summed E-state index contributed by atoms with van der Waals surface area (Å²) in [6, 6.07) is 5.10. The van der Waals surface area contributed by atoms with Crippen molar-refractivity contribution in [1.82, 2.24) is 29.3 Å². The SMILES string of the molecule is COCCc1nc(Cn2ccccc2=O)n(CCc2cnc[nH]2)n1. The monoisotopic (exact) mass is 328 g/mol. The van der Waals surface area contributed by atoms with Gasteiger partial charge in [0.1, 0.15) is 5.82 Å². The van der Waals surface area contributed by atoms with E-state index in [1.807, 2.05) is 10.7 Å². The molecule has 3 aromatic rings. The number of H-pyrrole nitrogens is 1. The normalized spacial score (nSPS) is 11.0. The van der Waals surface area contributed by atoms with Crippen LogP contribution in [0.3, 0.4) is 0 Å². The lowest BCUT2D eigenvalue weighted by Gasteiger charge is -2.07. The van der Waals surface area contributed by atoms with E-state index in [0.29, 0.717) is 26.1 Å². The molecule has 3 heterocycles. The molecular formula is C16H20N6O2. The Morgan fingerprint density at radius 3 is 2.96 bits per heavy atom. The number of hydrogen-bond acceptors (Lipinski definition) is 5. The van der Waals surface area contributed by atoms with Gasteiger partial charge in [0.15, 0.2) is 5.82 Å². The van der Waals surface area contributed by atoms with Gasteiger partial charge in [-0.15, -0.1) is 0 Å². The number of aromatic amines is 1. The van der Waals surface area contributed by atoms with E-state index in [0.717, 1.165) is 23.8 Å². The largest absolute Gasteiger partial charge is 0.384 e. The van der Waals surface area contributed by atoms with Gasteiger partial charge in [-0.25, -0.2) is 14.6 Å². The predicted molar refractivity (Wildman–Crippen MR) is 87.7 cm³/mol. The number of aryl methyl sites for hydroxylation is 2. The molecule has 0 aromatic carbocycles. The molecule has 0 aliphatic carbocycles. The van der Waals surface area contributed by atoms with Gasteiger partial charge in [-0.1, -0.05) is 6.07 Å². The first-order valence-electron chi connectivity index (χ1n) is 7.80. The molecule has 0 aliphatic rings. The molecule has 3 aromatic heterocycles. The average molecular weight is 328 g/mol. The number of ether oxygens (including phenoxy) is 1. The van der Waals surface area contributed by atoms with Gasteiger partial charge in [0, 0.05) is 50.7 Å². The van der Waals surface area contributed by atoms with Gasteiger partial charge in [-0.3, -0.25) is 4.79 Å². The fourth-order valence-corrected chi connectivity index (χ4v) is 2.41. The number of imidazole rings is 1. The topological polar surface area (TPSA) is 90.6 Å². The Balaban J connectivity index is 1.80. The standard InChI is InChI=1S/C16H20N6O2/c1-24-9-6-14-19-15(11-21-7-3-2-4-16(21)23)22(20-14)8-5-13-10-17-12-18-13/h2-4,7,10,12H,5-6,8-9,11H2,1H3,(H,17,18). The number of methoxy groups -OCH3 is 1. The molecule has 8 nitrogen and oxygen atoms in total. The van der Waals surface area contributed by atoms with Crippen molar-refractivity contribution >= 4 is 0 Å². The van der Waals surface area contributed by atoms with Gasteiger partial charge < -0.3 is 14.3 Å². The highest BCUT2D eigenvalue weighted by Crippen LogP contribution is 2.05. The molecule has 1 N–H and O–H groups in total. The first-order chi connectivity index (χ1) is 11.8. The van der Waals surface area contributed by atoms with Crippen LogP contribution >= 0.6 is 0 Å². The molecule has 0 spiro atoms. The summed E-state index contributed by atoms with van der Waals surface area (Å²) in [5, 5.41) is 4.55. The van der Waals surface area contributed by atoms with Crippen LogP contribution in [0.2, 0.25) is 0 Å². The van der Waals surface area contributed by atoms with Gasteiger partial charge >= 0.3 is 0 Å². The Labute approximate surface area is 139 Å². The van der Waals surface area contributed by atoms with E-state index in [4.69, 9.17) is 4.74 Å². The van der Waals surface area contributed by atoms with Crippen LogP contribution in [-0.2, 0) is 30.7 Å². The number of hydrogen-bond donors (Lipinski definition) is 1. The lowest BCUT2D eigenvalue weighted by atomic mass is 10.3. The summed E-state index contributed by atoms with van der Waals surface area (Å²) in [5.41, 5.74) is 0.978. The van der Waals surface area contributed by atoms with Crippen molar-refractivity contribution in [2.45, 2.75) is 25.9 Å². The number of aromatic nitrogens is 6. The Bertz CT molecular complexity index is 821. The third kappa shape index (κ3) is 3.96. The summed E-state index contributed by atoms with van der Waals surface area (Å²) in [5.74, 6) is 1.48. The molecule has 24 heavy (non-hydrogen) atoms.